The van der Waals surface area contributed by atoms with E-state index in [0.29, 0.717) is 25.5 Å². The Morgan fingerprint density at radius 1 is 1.33 bits per heavy atom. The van der Waals surface area contributed by atoms with Crippen LogP contribution in [-0.4, -0.2) is 52.8 Å². The minimum atomic E-state index is 0. The maximum Gasteiger partial charge on any atom is 0.221 e. The highest BCUT2D eigenvalue weighted by Crippen LogP contribution is 1.94. The zero-order chi connectivity index (χ0) is 17.1. The molecule has 0 saturated carbocycles. The second kappa shape index (κ2) is 13.0. The second-order valence-electron chi connectivity index (χ2n) is 5.35. The quantitative estimate of drug-likeness (QED) is 0.295. The molecule has 0 spiro atoms. The number of hydrogen-bond acceptors (Lipinski definition) is 4. The molecule has 24 heavy (non-hydrogen) atoms. The molecule has 0 aliphatic carbocycles. The smallest absolute Gasteiger partial charge is 0.221 e. The maximum atomic E-state index is 11.7. The van der Waals surface area contributed by atoms with Gasteiger partial charge in [-0.25, -0.2) is 0 Å². The van der Waals surface area contributed by atoms with E-state index in [1.54, 1.807) is 13.4 Å². The number of nitrogens with zero attached hydrogens (tertiary/aromatic N) is 4. The number of guanidine groups is 1. The lowest BCUT2D eigenvalue weighted by Crippen LogP contribution is -2.41. The lowest BCUT2D eigenvalue weighted by atomic mass is 10.2. The Balaban J connectivity index is 0.00000529. The van der Waals surface area contributed by atoms with Crippen molar-refractivity contribution in [1.29, 1.82) is 0 Å². The maximum absolute atomic E-state index is 11.7. The molecular weight excluding hydrogens is 421 g/mol. The van der Waals surface area contributed by atoms with Gasteiger partial charge in [-0.3, -0.25) is 9.79 Å². The fraction of sp³-hybridized carbons (Fsp3) is 0.733. The summed E-state index contributed by atoms with van der Waals surface area (Å²) in [5, 5.41) is 17.2. The Kier molecular flexibility index (Phi) is 12.2. The molecular formula is C15H30IN7O. The first-order chi connectivity index (χ1) is 11.1. The fourth-order valence-electron chi connectivity index (χ4n) is 2.00. The normalized spacial score (nSPS) is 12.2. The van der Waals surface area contributed by atoms with Gasteiger partial charge in [-0.05, 0) is 13.3 Å². The molecule has 1 heterocycles. The van der Waals surface area contributed by atoms with E-state index in [0.717, 1.165) is 25.2 Å². The number of halogens is 1. The van der Waals surface area contributed by atoms with Gasteiger partial charge < -0.3 is 20.5 Å². The SMILES string of the molecule is CCc1nncn1CCNC(=NC)NCCC(=O)NC(C)CC.I. The highest BCUT2D eigenvalue weighted by atomic mass is 127. The number of rotatable bonds is 9. The molecule has 138 valence electrons. The van der Waals surface area contributed by atoms with Crippen LogP contribution in [0.25, 0.3) is 0 Å². The van der Waals surface area contributed by atoms with Crippen molar-refractivity contribution in [3.05, 3.63) is 12.2 Å². The van der Waals surface area contributed by atoms with Crippen molar-refractivity contribution in [3.63, 3.8) is 0 Å². The molecule has 0 saturated heterocycles. The molecule has 1 atom stereocenters. The van der Waals surface area contributed by atoms with Crippen molar-refractivity contribution in [2.45, 2.75) is 52.6 Å². The van der Waals surface area contributed by atoms with Crippen molar-refractivity contribution in [2.75, 3.05) is 20.1 Å². The molecule has 8 nitrogen and oxygen atoms in total. The first-order valence-electron chi connectivity index (χ1n) is 8.21. The minimum absolute atomic E-state index is 0. The molecule has 0 aromatic carbocycles. The van der Waals surface area contributed by atoms with Crippen LogP contribution in [0, 0.1) is 0 Å². The van der Waals surface area contributed by atoms with Gasteiger partial charge in [0.15, 0.2) is 5.96 Å². The van der Waals surface area contributed by atoms with E-state index in [-0.39, 0.29) is 35.9 Å². The topological polar surface area (TPSA) is 96.2 Å². The zero-order valence-corrected chi connectivity index (χ0v) is 17.3. The van der Waals surface area contributed by atoms with E-state index in [2.05, 4.69) is 45.0 Å². The number of aromatic nitrogens is 3. The molecule has 1 aromatic heterocycles. The van der Waals surface area contributed by atoms with Crippen LogP contribution in [0.4, 0.5) is 0 Å². The van der Waals surface area contributed by atoms with Crippen LogP contribution in [0.2, 0.25) is 0 Å². The van der Waals surface area contributed by atoms with Gasteiger partial charge in [0.25, 0.3) is 0 Å². The van der Waals surface area contributed by atoms with Gasteiger partial charge >= 0.3 is 0 Å². The van der Waals surface area contributed by atoms with Crippen molar-refractivity contribution < 1.29 is 4.79 Å². The van der Waals surface area contributed by atoms with Crippen LogP contribution in [0.3, 0.4) is 0 Å². The Morgan fingerprint density at radius 2 is 2.04 bits per heavy atom. The molecule has 0 aliphatic rings. The number of amides is 1. The van der Waals surface area contributed by atoms with Gasteiger partial charge in [-0.2, -0.15) is 0 Å². The number of aliphatic imine (C=N–C) groups is 1. The lowest BCUT2D eigenvalue weighted by molar-refractivity contribution is -0.121. The molecule has 0 fully saturated rings. The summed E-state index contributed by atoms with van der Waals surface area (Å²) >= 11 is 0. The third-order valence-electron chi connectivity index (χ3n) is 3.54. The molecule has 0 radical (unpaired) electrons. The van der Waals surface area contributed by atoms with E-state index in [4.69, 9.17) is 0 Å². The summed E-state index contributed by atoms with van der Waals surface area (Å²) in [5.41, 5.74) is 0. The highest BCUT2D eigenvalue weighted by Gasteiger charge is 2.06. The zero-order valence-electron chi connectivity index (χ0n) is 15.0. The Labute approximate surface area is 161 Å². The average molecular weight is 451 g/mol. The van der Waals surface area contributed by atoms with Crippen LogP contribution in [0.5, 0.6) is 0 Å². The summed E-state index contributed by atoms with van der Waals surface area (Å²) in [5.74, 6) is 1.71. The summed E-state index contributed by atoms with van der Waals surface area (Å²) in [7, 11) is 1.71. The summed E-state index contributed by atoms with van der Waals surface area (Å²) in [6.07, 6.45) is 3.95. The molecule has 9 heteroatoms. The van der Waals surface area contributed by atoms with Gasteiger partial charge in [0.2, 0.25) is 5.91 Å². The minimum Gasteiger partial charge on any atom is -0.356 e. The van der Waals surface area contributed by atoms with Gasteiger partial charge in [0.1, 0.15) is 12.2 Å². The van der Waals surface area contributed by atoms with E-state index < -0.39 is 0 Å². The van der Waals surface area contributed by atoms with Crippen molar-refractivity contribution in [3.8, 4) is 0 Å². The van der Waals surface area contributed by atoms with Crippen molar-refractivity contribution in [1.82, 2.24) is 30.7 Å². The lowest BCUT2D eigenvalue weighted by Gasteiger charge is -2.14. The molecule has 1 unspecified atom stereocenters. The predicted octanol–water partition coefficient (Wildman–Crippen LogP) is 0.928. The number of hydrogen-bond donors (Lipinski definition) is 3. The number of carbonyl (C=O) groups excluding carboxylic acids is 1. The van der Waals surface area contributed by atoms with Crippen LogP contribution in [0.15, 0.2) is 11.3 Å². The first-order valence-corrected chi connectivity index (χ1v) is 8.21. The number of nitrogens with one attached hydrogen (secondary N) is 3. The third-order valence-corrected chi connectivity index (χ3v) is 3.54. The van der Waals surface area contributed by atoms with Gasteiger partial charge in [-0.1, -0.05) is 13.8 Å². The first kappa shape index (κ1) is 22.6. The van der Waals surface area contributed by atoms with Crippen LogP contribution < -0.4 is 16.0 Å². The number of aryl methyl sites for hydroxylation is 1. The van der Waals surface area contributed by atoms with E-state index in [1.807, 2.05) is 11.5 Å². The van der Waals surface area contributed by atoms with Crippen LogP contribution >= 0.6 is 24.0 Å². The molecule has 3 N–H and O–H groups in total. The summed E-state index contributed by atoms with van der Waals surface area (Å²) in [6, 6.07) is 0.219. The third kappa shape index (κ3) is 8.46. The summed E-state index contributed by atoms with van der Waals surface area (Å²) < 4.78 is 2.01. The highest BCUT2D eigenvalue weighted by molar-refractivity contribution is 14.0. The molecule has 0 bridgehead atoms. The van der Waals surface area contributed by atoms with E-state index >= 15 is 0 Å². The fourth-order valence-corrected chi connectivity index (χ4v) is 2.00. The van der Waals surface area contributed by atoms with Crippen molar-refractivity contribution in [2.24, 2.45) is 4.99 Å². The largest absolute Gasteiger partial charge is 0.356 e. The molecule has 1 amide bonds. The standard InChI is InChI=1S/C15H29N7O.HI/c1-5-12(3)20-14(23)7-8-17-15(16-4)18-9-10-22-11-19-21-13(22)6-2;/h11-12H,5-10H2,1-4H3,(H,20,23)(H2,16,17,18);1H. The predicted molar refractivity (Wildman–Crippen MR) is 107 cm³/mol. The van der Waals surface area contributed by atoms with Crippen LogP contribution in [-0.2, 0) is 17.8 Å². The Hall–Kier alpha value is -1.39. The molecule has 0 aliphatic heterocycles. The average Bonchev–Trinajstić information content (AvgIpc) is 3.00. The van der Waals surface area contributed by atoms with Crippen molar-refractivity contribution >= 4 is 35.8 Å². The molecule has 1 rings (SSSR count). The summed E-state index contributed by atoms with van der Waals surface area (Å²) in [6.45, 7) is 8.14. The van der Waals surface area contributed by atoms with E-state index in [9.17, 15) is 4.79 Å². The monoisotopic (exact) mass is 451 g/mol. The summed E-state index contributed by atoms with van der Waals surface area (Å²) in [4.78, 5) is 15.8. The van der Waals surface area contributed by atoms with Gasteiger partial charge in [0, 0.05) is 45.6 Å². The second-order valence-corrected chi connectivity index (χ2v) is 5.35. The molecule has 1 aromatic rings. The Bertz CT molecular complexity index is 504. The van der Waals surface area contributed by atoms with Gasteiger partial charge in [-0.15, -0.1) is 34.2 Å². The Morgan fingerprint density at radius 3 is 2.67 bits per heavy atom. The van der Waals surface area contributed by atoms with Crippen LogP contribution in [0.1, 0.15) is 39.4 Å². The van der Waals surface area contributed by atoms with E-state index in [1.165, 1.54) is 0 Å². The van der Waals surface area contributed by atoms with Gasteiger partial charge in [0.05, 0.1) is 0 Å². The number of carbonyl (C=O) groups is 1.